The Morgan fingerprint density at radius 2 is 2.33 bits per heavy atom. The minimum absolute atomic E-state index is 0.113. The second kappa shape index (κ2) is 4.94. The highest BCUT2D eigenvalue weighted by Gasteiger charge is 2.36. The van der Waals surface area contributed by atoms with Crippen LogP contribution in [0.4, 0.5) is 5.69 Å². The van der Waals surface area contributed by atoms with Gasteiger partial charge in [-0.25, -0.2) is 0 Å². The molecule has 1 amide bonds. The van der Waals surface area contributed by atoms with Crippen LogP contribution in [0.2, 0.25) is 5.02 Å². The molecule has 1 aliphatic heterocycles. The number of carbonyl (C=O) groups excluding carboxylic acids is 2. The van der Waals surface area contributed by atoms with Gasteiger partial charge >= 0.3 is 5.97 Å². The van der Waals surface area contributed by atoms with Crippen LogP contribution in [0.5, 0.6) is 0 Å². The number of aromatic nitrogens is 1. The smallest absolute Gasteiger partial charge is 0.311 e. The minimum Gasteiger partial charge on any atom is -0.469 e. The molecular formula is C12H13ClN2O3. The molecule has 5 nitrogen and oxygen atoms in total. The molecule has 1 aromatic heterocycles. The summed E-state index contributed by atoms with van der Waals surface area (Å²) < 4.78 is 4.66. The van der Waals surface area contributed by atoms with Crippen molar-refractivity contribution in [3.8, 4) is 0 Å². The number of hydrogen-bond acceptors (Lipinski definition) is 4. The van der Waals surface area contributed by atoms with E-state index in [1.54, 1.807) is 13.0 Å². The van der Waals surface area contributed by atoms with E-state index in [1.165, 1.54) is 18.2 Å². The number of esters is 1. The van der Waals surface area contributed by atoms with Gasteiger partial charge in [-0.1, -0.05) is 11.6 Å². The van der Waals surface area contributed by atoms with Gasteiger partial charge < -0.3 is 9.64 Å². The van der Waals surface area contributed by atoms with Gasteiger partial charge in [-0.2, -0.15) is 0 Å². The first-order chi connectivity index (χ1) is 8.52. The van der Waals surface area contributed by atoms with Crippen molar-refractivity contribution in [3.63, 3.8) is 0 Å². The summed E-state index contributed by atoms with van der Waals surface area (Å²) in [5.41, 5.74) is 1.36. The number of hydrogen-bond donors (Lipinski definition) is 0. The average molecular weight is 269 g/mol. The van der Waals surface area contributed by atoms with Crippen molar-refractivity contribution in [1.82, 2.24) is 4.98 Å². The maximum absolute atomic E-state index is 11.9. The lowest BCUT2D eigenvalue weighted by atomic mass is 10.1. The van der Waals surface area contributed by atoms with Crippen molar-refractivity contribution < 1.29 is 14.3 Å². The summed E-state index contributed by atoms with van der Waals surface area (Å²) in [6.45, 7) is 2.11. The predicted molar refractivity (Wildman–Crippen MR) is 66.5 cm³/mol. The van der Waals surface area contributed by atoms with Crippen LogP contribution in [0.25, 0.3) is 0 Å². The second-order valence-electron chi connectivity index (χ2n) is 4.19. The molecule has 1 aromatic rings. The van der Waals surface area contributed by atoms with E-state index < -0.39 is 5.92 Å². The van der Waals surface area contributed by atoms with Crippen LogP contribution in [-0.2, 0) is 14.3 Å². The predicted octanol–water partition coefficient (Wildman–Crippen LogP) is 1.57. The largest absolute Gasteiger partial charge is 0.469 e. The highest BCUT2D eigenvalue weighted by molar-refractivity contribution is 6.30. The number of halogens is 1. The lowest BCUT2D eigenvalue weighted by Crippen LogP contribution is -2.27. The Hall–Kier alpha value is -1.62. The monoisotopic (exact) mass is 268 g/mol. The Kier molecular flexibility index (Phi) is 3.52. The Labute approximate surface area is 110 Å². The molecule has 0 aromatic carbocycles. The average Bonchev–Trinajstić information content (AvgIpc) is 2.73. The number of methoxy groups -OCH3 is 1. The summed E-state index contributed by atoms with van der Waals surface area (Å²) >= 11 is 5.88. The van der Waals surface area contributed by atoms with Gasteiger partial charge in [-0.3, -0.25) is 14.6 Å². The minimum atomic E-state index is -0.416. The van der Waals surface area contributed by atoms with Gasteiger partial charge in [0, 0.05) is 19.2 Å². The molecule has 0 radical (unpaired) electrons. The molecule has 0 N–H and O–H groups in total. The molecule has 18 heavy (non-hydrogen) atoms. The number of rotatable bonds is 2. The van der Waals surface area contributed by atoms with Crippen LogP contribution in [-0.4, -0.2) is 30.5 Å². The third-order valence-corrected chi connectivity index (χ3v) is 3.18. The topological polar surface area (TPSA) is 59.5 Å². The first kappa shape index (κ1) is 12.8. The molecule has 0 saturated carbocycles. The molecule has 1 saturated heterocycles. The van der Waals surface area contributed by atoms with E-state index in [0.717, 1.165) is 0 Å². The van der Waals surface area contributed by atoms with Crippen LogP contribution in [0.15, 0.2) is 12.3 Å². The van der Waals surface area contributed by atoms with Gasteiger partial charge in [0.05, 0.1) is 29.4 Å². The van der Waals surface area contributed by atoms with Crippen molar-refractivity contribution in [2.45, 2.75) is 13.3 Å². The lowest BCUT2D eigenvalue weighted by molar-refractivity contribution is -0.145. The number of amides is 1. The fourth-order valence-corrected chi connectivity index (χ4v) is 2.19. The summed E-state index contributed by atoms with van der Waals surface area (Å²) in [4.78, 5) is 29.0. The molecule has 2 rings (SSSR count). The Balaban J connectivity index is 2.27. The van der Waals surface area contributed by atoms with Crippen LogP contribution in [0.1, 0.15) is 12.1 Å². The number of aryl methyl sites for hydroxylation is 1. The molecule has 0 bridgehead atoms. The molecular weight excluding hydrogens is 256 g/mol. The van der Waals surface area contributed by atoms with E-state index in [-0.39, 0.29) is 18.3 Å². The van der Waals surface area contributed by atoms with Crippen molar-refractivity contribution in [3.05, 3.63) is 23.0 Å². The van der Waals surface area contributed by atoms with Crippen molar-refractivity contribution in [2.75, 3.05) is 18.6 Å². The van der Waals surface area contributed by atoms with Crippen molar-refractivity contribution in [1.29, 1.82) is 0 Å². The van der Waals surface area contributed by atoms with Gasteiger partial charge in [0.2, 0.25) is 5.91 Å². The number of pyridine rings is 1. The summed E-state index contributed by atoms with van der Waals surface area (Å²) in [5.74, 6) is -0.892. The Morgan fingerprint density at radius 3 is 3.00 bits per heavy atom. The second-order valence-corrected chi connectivity index (χ2v) is 4.62. The summed E-state index contributed by atoms with van der Waals surface area (Å²) in [6.07, 6.45) is 1.69. The van der Waals surface area contributed by atoms with Gasteiger partial charge in [0.25, 0.3) is 0 Å². The number of ether oxygens (including phenoxy) is 1. The molecule has 6 heteroatoms. The van der Waals surface area contributed by atoms with E-state index in [2.05, 4.69) is 9.72 Å². The van der Waals surface area contributed by atoms with E-state index in [9.17, 15) is 9.59 Å². The maximum Gasteiger partial charge on any atom is 0.311 e. The summed E-state index contributed by atoms with van der Waals surface area (Å²) in [7, 11) is 1.32. The normalized spacial score (nSPS) is 19.2. The summed E-state index contributed by atoms with van der Waals surface area (Å²) in [5, 5.41) is 0.463. The van der Waals surface area contributed by atoms with Crippen LogP contribution in [0.3, 0.4) is 0 Å². The fraction of sp³-hybridized carbons (Fsp3) is 0.417. The molecule has 1 aliphatic rings. The SMILES string of the molecule is COC(=O)C1CC(=O)N(c2cc(Cl)cnc2C)C1. The Morgan fingerprint density at radius 1 is 1.61 bits per heavy atom. The molecule has 0 spiro atoms. The number of carbonyl (C=O) groups is 2. The zero-order valence-corrected chi connectivity index (χ0v) is 10.9. The fourth-order valence-electron chi connectivity index (χ4n) is 2.04. The molecule has 1 unspecified atom stereocenters. The molecule has 1 fully saturated rings. The Bertz CT molecular complexity index is 504. The van der Waals surface area contributed by atoms with Gasteiger partial charge in [-0.15, -0.1) is 0 Å². The van der Waals surface area contributed by atoms with Gasteiger partial charge in [-0.05, 0) is 13.0 Å². The van der Waals surface area contributed by atoms with E-state index in [1.807, 2.05) is 0 Å². The molecule has 96 valence electrons. The quantitative estimate of drug-likeness (QED) is 0.764. The standard InChI is InChI=1S/C12H13ClN2O3/c1-7-10(4-9(13)5-14-7)15-6-8(3-11(15)16)12(17)18-2/h4-5,8H,3,6H2,1-2H3. The van der Waals surface area contributed by atoms with Crippen LogP contribution < -0.4 is 4.90 Å². The molecule has 1 atom stereocenters. The number of anilines is 1. The third kappa shape index (κ3) is 2.31. The van der Waals surface area contributed by atoms with Gasteiger partial charge in [0.1, 0.15) is 0 Å². The van der Waals surface area contributed by atoms with Crippen molar-refractivity contribution in [2.24, 2.45) is 5.92 Å². The highest BCUT2D eigenvalue weighted by Crippen LogP contribution is 2.29. The third-order valence-electron chi connectivity index (χ3n) is 2.98. The molecule has 2 heterocycles. The first-order valence-electron chi connectivity index (χ1n) is 5.53. The van der Waals surface area contributed by atoms with Gasteiger partial charge in [0.15, 0.2) is 0 Å². The van der Waals surface area contributed by atoms with E-state index in [4.69, 9.17) is 11.6 Å². The highest BCUT2D eigenvalue weighted by atomic mass is 35.5. The first-order valence-corrected chi connectivity index (χ1v) is 5.91. The number of nitrogens with zero attached hydrogens (tertiary/aromatic N) is 2. The van der Waals surface area contributed by atoms with Crippen LogP contribution in [0, 0.1) is 12.8 Å². The van der Waals surface area contributed by atoms with Crippen LogP contribution >= 0.6 is 11.6 Å². The molecule has 0 aliphatic carbocycles. The zero-order valence-electron chi connectivity index (χ0n) is 10.1. The van der Waals surface area contributed by atoms with Crippen molar-refractivity contribution >= 4 is 29.2 Å². The van der Waals surface area contributed by atoms with E-state index >= 15 is 0 Å². The zero-order chi connectivity index (χ0) is 13.3. The van der Waals surface area contributed by atoms with E-state index in [0.29, 0.717) is 22.9 Å². The lowest BCUT2D eigenvalue weighted by Gasteiger charge is -2.18. The summed E-state index contributed by atoms with van der Waals surface area (Å²) in [6, 6.07) is 1.68. The maximum atomic E-state index is 11.9.